The minimum absolute atomic E-state index is 0.389. The summed E-state index contributed by atoms with van der Waals surface area (Å²) in [6.45, 7) is 3.67. The smallest absolute Gasteiger partial charge is 0.0800 e. The van der Waals surface area contributed by atoms with Gasteiger partial charge in [-0.3, -0.25) is 0 Å². The van der Waals surface area contributed by atoms with E-state index in [0.717, 1.165) is 0 Å². The predicted octanol–water partition coefficient (Wildman–Crippen LogP) is 0.304. The summed E-state index contributed by atoms with van der Waals surface area (Å²) in [5, 5.41) is 18.4. The highest BCUT2D eigenvalue weighted by Gasteiger charge is 2.36. The van der Waals surface area contributed by atoms with Crippen LogP contribution in [0.1, 0.15) is 13.8 Å². The Balaban J connectivity index is 2.76. The fourth-order valence-corrected chi connectivity index (χ4v) is 0.881. The summed E-state index contributed by atoms with van der Waals surface area (Å²) in [6, 6.07) is 0. The third-order valence-electron chi connectivity index (χ3n) is 2.00. The second-order valence-corrected chi connectivity index (χ2v) is 3.10. The maximum atomic E-state index is 9.18. The van der Waals surface area contributed by atoms with Gasteiger partial charge < -0.3 is 10.2 Å². The Morgan fingerprint density at radius 1 is 1.11 bits per heavy atom. The van der Waals surface area contributed by atoms with E-state index < -0.39 is 12.2 Å². The topological polar surface area (TPSA) is 40.5 Å². The van der Waals surface area contributed by atoms with Crippen molar-refractivity contribution in [1.82, 2.24) is 0 Å². The summed E-state index contributed by atoms with van der Waals surface area (Å²) in [6.07, 6.45) is 2.27. The number of rotatable bonds is 0. The maximum Gasteiger partial charge on any atom is 0.0800 e. The Kier molecular flexibility index (Phi) is 1.37. The molecule has 0 fully saturated rings. The molecule has 0 amide bonds. The second-order valence-electron chi connectivity index (χ2n) is 3.10. The molecule has 2 N–H and O–H groups in total. The van der Waals surface area contributed by atoms with Crippen molar-refractivity contribution < 1.29 is 10.2 Å². The van der Waals surface area contributed by atoms with Crippen molar-refractivity contribution in [2.45, 2.75) is 26.1 Å². The SMILES string of the molecule is CC1(C)[C@H](O)C=C[C@@H]1O. The van der Waals surface area contributed by atoms with Gasteiger partial charge in [-0.15, -0.1) is 0 Å². The molecule has 2 heteroatoms. The molecular weight excluding hydrogens is 116 g/mol. The largest absolute Gasteiger partial charge is 0.388 e. The van der Waals surface area contributed by atoms with Crippen LogP contribution in [0.25, 0.3) is 0 Å². The summed E-state index contributed by atoms with van der Waals surface area (Å²) >= 11 is 0. The van der Waals surface area contributed by atoms with Crippen LogP contribution in [-0.4, -0.2) is 22.4 Å². The van der Waals surface area contributed by atoms with Crippen LogP contribution in [0.5, 0.6) is 0 Å². The number of aliphatic hydroxyl groups is 2. The standard InChI is InChI=1S/C7H12O2/c1-7(2)5(8)3-4-6(7)9/h3-6,8-9H,1-2H3/t5-,6+. The maximum absolute atomic E-state index is 9.18. The molecule has 0 aliphatic heterocycles. The van der Waals surface area contributed by atoms with Crippen LogP contribution in [0.15, 0.2) is 12.2 Å². The van der Waals surface area contributed by atoms with Crippen molar-refractivity contribution in [1.29, 1.82) is 0 Å². The fraction of sp³-hybridized carbons (Fsp3) is 0.714. The number of hydrogen-bond donors (Lipinski definition) is 2. The van der Waals surface area contributed by atoms with Crippen molar-refractivity contribution in [2.75, 3.05) is 0 Å². The van der Waals surface area contributed by atoms with E-state index in [1.165, 1.54) is 0 Å². The summed E-state index contributed by atoms with van der Waals surface area (Å²) in [5.74, 6) is 0. The average Bonchev–Trinajstić information content (AvgIpc) is 1.96. The van der Waals surface area contributed by atoms with Crippen molar-refractivity contribution in [3.05, 3.63) is 12.2 Å². The van der Waals surface area contributed by atoms with E-state index in [0.29, 0.717) is 0 Å². The van der Waals surface area contributed by atoms with Gasteiger partial charge in [0, 0.05) is 5.41 Å². The molecule has 0 saturated carbocycles. The Labute approximate surface area is 54.8 Å². The van der Waals surface area contributed by atoms with Crippen LogP contribution in [0.4, 0.5) is 0 Å². The van der Waals surface area contributed by atoms with Gasteiger partial charge in [-0.1, -0.05) is 26.0 Å². The van der Waals surface area contributed by atoms with Crippen molar-refractivity contribution in [3.8, 4) is 0 Å². The lowest BCUT2D eigenvalue weighted by Crippen LogP contribution is -2.33. The molecule has 9 heavy (non-hydrogen) atoms. The van der Waals surface area contributed by atoms with E-state index >= 15 is 0 Å². The number of hydrogen-bond acceptors (Lipinski definition) is 2. The summed E-state index contributed by atoms with van der Waals surface area (Å²) in [5.41, 5.74) is -0.389. The quantitative estimate of drug-likeness (QED) is 0.461. The van der Waals surface area contributed by atoms with E-state index in [9.17, 15) is 10.2 Å². The van der Waals surface area contributed by atoms with Gasteiger partial charge in [-0.25, -0.2) is 0 Å². The molecule has 0 heterocycles. The van der Waals surface area contributed by atoms with E-state index in [2.05, 4.69) is 0 Å². The molecule has 0 aromatic heterocycles. The Morgan fingerprint density at radius 2 is 1.44 bits per heavy atom. The van der Waals surface area contributed by atoms with Gasteiger partial charge in [0.05, 0.1) is 12.2 Å². The van der Waals surface area contributed by atoms with Gasteiger partial charge in [0.25, 0.3) is 0 Å². The molecule has 1 rings (SSSR count). The first-order valence-electron chi connectivity index (χ1n) is 3.09. The summed E-state index contributed by atoms with van der Waals surface area (Å²) in [4.78, 5) is 0. The molecule has 52 valence electrons. The van der Waals surface area contributed by atoms with Crippen LogP contribution in [0, 0.1) is 5.41 Å². The van der Waals surface area contributed by atoms with Crippen LogP contribution in [0.2, 0.25) is 0 Å². The third-order valence-corrected chi connectivity index (χ3v) is 2.00. The molecule has 0 saturated heterocycles. The van der Waals surface area contributed by atoms with Crippen molar-refractivity contribution >= 4 is 0 Å². The third kappa shape index (κ3) is 0.884. The lowest BCUT2D eigenvalue weighted by atomic mass is 9.86. The molecule has 0 aromatic carbocycles. The first-order valence-corrected chi connectivity index (χ1v) is 3.09. The second kappa shape index (κ2) is 1.82. The minimum Gasteiger partial charge on any atom is -0.388 e. The zero-order chi connectivity index (χ0) is 7.07. The number of aliphatic hydroxyl groups excluding tert-OH is 2. The summed E-state index contributed by atoms with van der Waals surface area (Å²) < 4.78 is 0. The van der Waals surface area contributed by atoms with Gasteiger partial charge in [-0.2, -0.15) is 0 Å². The molecule has 0 bridgehead atoms. The van der Waals surface area contributed by atoms with Gasteiger partial charge in [-0.05, 0) is 0 Å². The lowest BCUT2D eigenvalue weighted by molar-refractivity contribution is 0.0168. The van der Waals surface area contributed by atoms with E-state index in [1.54, 1.807) is 12.2 Å². The molecule has 0 aromatic rings. The van der Waals surface area contributed by atoms with Crippen molar-refractivity contribution in [2.24, 2.45) is 5.41 Å². The van der Waals surface area contributed by atoms with E-state index in [1.807, 2.05) is 13.8 Å². The molecule has 1 aliphatic carbocycles. The average molecular weight is 128 g/mol. The van der Waals surface area contributed by atoms with Crippen LogP contribution in [0.3, 0.4) is 0 Å². The zero-order valence-corrected chi connectivity index (χ0v) is 5.70. The van der Waals surface area contributed by atoms with Crippen LogP contribution < -0.4 is 0 Å². The highest BCUT2D eigenvalue weighted by Crippen LogP contribution is 2.32. The Morgan fingerprint density at radius 3 is 1.56 bits per heavy atom. The molecular formula is C7H12O2. The molecule has 1 aliphatic rings. The normalized spacial score (nSPS) is 39.6. The molecule has 2 atom stereocenters. The fourth-order valence-electron chi connectivity index (χ4n) is 0.881. The monoisotopic (exact) mass is 128 g/mol. The van der Waals surface area contributed by atoms with Crippen LogP contribution >= 0.6 is 0 Å². The predicted molar refractivity (Wildman–Crippen MR) is 34.9 cm³/mol. The van der Waals surface area contributed by atoms with Gasteiger partial charge >= 0.3 is 0 Å². The lowest BCUT2D eigenvalue weighted by Gasteiger charge is -2.26. The highest BCUT2D eigenvalue weighted by atomic mass is 16.3. The van der Waals surface area contributed by atoms with E-state index in [4.69, 9.17) is 0 Å². The summed E-state index contributed by atoms with van der Waals surface area (Å²) in [7, 11) is 0. The Bertz CT molecular complexity index is 124. The molecule has 0 unspecified atom stereocenters. The highest BCUT2D eigenvalue weighted by molar-refractivity contribution is 5.12. The first-order chi connectivity index (χ1) is 4.05. The van der Waals surface area contributed by atoms with Crippen LogP contribution in [-0.2, 0) is 0 Å². The van der Waals surface area contributed by atoms with E-state index in [-0.39, 0.29) is 5.41 Å². The van der Waals surface area contributed by atoms with Gasteiger partial charge in [0.15, 0.2) is 0 Å². The Hall–Kier alpha value is -0.340. The zero-order valence-electron chi connectivity index (χ0n) is 5.70. The minimum atomic E-state index is -0.493. The van der Waals surface area contributed by atoms with Crippen molar-refractivity contribution in [3.63, 3.8) is 0 Å². The van der Waals surface area contributed by atoms with Gasteiger partial charge in [0.1, 0.15) is 0 Å². The van der Waals surface area contributed by atoms with Gasteiger partial charge in [0.2, 0.25) is 0 Å². The first kappa shape index (κ1) is 6.78. The molecule has 2 nitrogen and oxygen atoms in total. The molecule has 0 spiro atoms. The molecule has 0 radical (unpaired) electrons.